The lowest BCUT2D eigenvalue weighted by molar-refractivity contribution is 0.481. The van der Waals surface area contributed by atoms with E-state index in [1.54, 1.807) is 0 Å². The number of halogens is 3. The Balaban J connectivity index is 3.61. The van der Waals surface area contributed by atoms with Crippen molar-refractivity contribution in [2.75, 3.05) is 5.75 Å². The second-order valence-corrected chi connectivity index (χ2v) is 15.3. The summed E-state index contributed by atoms with van der Waals surface area (Å²) < 4.78 is 29.0. The van der Waals surface area contributed by atoms with E-state index in [4.69, 9.17) is 4.55 Å². The van der Waals surface area contributed by atoms with Crippen LogP contribution in [0.3, 0.4) is 0 Å². The van der Waals surface area contributed by atoms with Crippen LogP contribution < -0.4 is 0 Å². The molecule has 0 aliphatic carbocycles. The van der Waals surface area contributed by atoms with Crippen LogP contribution in [0.25, 0.3) is 0 Å². The van der Waals surface area contributed by atoms with E-state index < -0.39 is 10.1 Å². The highest BCUT2D eigenvalue weighted by molar-refractivity contribution is 14.3. The summed E-state index contributed by atoms with van der Waals surface area (Å²) >= 11 is 6.67. The zero-order valence-electron chi connectivity index (χ0n) is 5.43. The number of rotatable bonds is 4. The Kier molecular flexibility index (Phi) is 6.07. The van der Waals surface area contributed by atoms with E-state index in [0.29, 0.717) is 6.42 Å². The van der Waals surface area contributed by atoms with Crippen molar-refractivity contribution in [2.45, 2.75) is 12.3 Å². The van der Waals surface area contributed by atoms with Gasteiger partial charge in [-0.1, -0.05) is 67.8 Å². The van der Waals surface area contributed by atoms with Gasteiger partial charge < -0.3 is 0 Å². The zero-order chi connectivity index (χ0) is 9.12. The van der Waals surface area contributed by atoms with E-state index in [1.165, 1.54) is 0 Å². The SMILES string of the molecule is O=S(=O)(O)CCCC(I)(I)I. The Morgan fingerprint density at radius 1 is 1.27 bits per heavy atom. The maximum absolute atomic E-state index is 10.3. The summed E-state index contributed by atoms with van der Waals surface area (Å²) in [5, 5.41) is 0. The molecule has 0 saturated carbocycles. The van der Waals surface area contributed by atoms with Gasteiger partial charge in [-0.05, 0) is 12.8 Å². The van der Waals surface area contributed by atoms with E-state index in [-0.39, 0.29) is 5.19 Å². The van der Waals surface area contributed by atoms with Crippen molar-refractivity contribution in [3.63, 3.8) is 0 Å². The first-order valence-corrected chi connectivity index (χ1v) is 7.57. The van der Waals surface area contributed by atoms with Gasteiger partial charge in [0.1, 0.15) is -0.565 Å². The maximum atomic E-state index is 10.3. The van der Waals surface area contributed by atoms with Gasteiger partial charge in [-0.15, -0.1) is 0 Å². The largest absolute Gasteiger partial charge is 0.286 e. The van der Waals surface area contributed by atoms with Gasteiger partial charge in [0.2, 0.25) is 0 Å². The maximum Gasteiger partial charge on any atom is 0.264 e. The van der Waals surface area contributed by atoms with Gasteiger partial charge in [0.25, 0.3) is 10.1 Å². The third-order valence-corrected chi connectivity index (χ3v) is 3.29. The van der Waals surface area contributed by atoms with Crippen molar-refractivity contribution in [3.8, 4) is 0 Å². The molecule has 68 valence electrons. The van der Waals surface area contributed by atoms with Crippen LogP contribution in [0, 0.1) is 0 Å². The predicted molar refractivity (Wildman–Crippen MR) is 70.4 cm³/mol. The summed E-state index contributed by atoms with van der Waals surface area (Å²) in [6, 6.07) is 0. The molecule has 0 radical (unpaired) electrons. The van der Waals surface area contributed by atoms with Crippen LogP contribution in [0.4, 0.5) is 0 Å². The minimum atomic E-state index is -3.76. The highest BCUT2D eigenvalue weighted by Crippen LogP contribution is 2.39. The molecule has 0 atom stereocenters. The van der Waals surface area contributed by atoms with Crippen molar-refractivity contribution in [2.24, 2.45) is 0 Å². The molecule has 0 rings (SSSR count). The van der Waals surface area contributed by atoms with Gasteiger partial charge in [-0.25, -0.2) is 0 Å². The first-order chi connectivity index (χ1) is 4.71. The fourth-order valence-electron chi connectivity index (χ4n) is 0.455. The first-order valence-electron chi connectivity index (χ1n) is 2.73. The Morgan fingerprint density at radius 3 is 2.00 bits per heavy atom. The van der Waals surface area contributed by atoms with Gasteiger partial charge in [0.05, 0.1) is 5.75 Å². The molecule has 0 amide bonds. The van der Waals surface area contributed by atoms with E-state index in [2.05, 4.69) is 67.8 Å². The molecule has 11 heavy (non-hydrogen) atoms. The number of hydrogen-bond acceptors (Lipinski definition) is 2. The summed E-state index contributed by atoms with van der Waals surface area (Å²) in [4.78, 5) is 0. The second kappa shape index (κ2) is 5.10. The quantitative estimate of drug-likeness (QED) is 0.356. The monoisotopic (exact) mass is 516 g/mol. The molecule has 3 nitrogen and oxygen atoms in total. The van der Waals surface area contributed by atoms with E-state index in [9.17, 15) is 8.42 Å². The Hall–Kier alpha value is 2.10. The van der Waals surface area contributed by atoms with Crippen LogP contribution in [0.2, 0.25) is 0 Å². The van der Waals surface area contributed by atoms with E-state index in [0.717, 1.165) is 6.42 Å². The van der Waals surface area contributed by atoms with Gasteiger partial charge in [-0.3, -0.25) is 4.55 Å². The lowest BCUT2D eigenvalue weighted by Crippen LogP contribution is -2.07. The fraction of sp³-hybridized carbons (Fsp3) is 1.00. The molecule has 0 aromatic carbocycles. The number of alkyl halides is 3. The van der Waals surface area contributed by atoms with Crippen LogP contribution in [0.1, 0.15) is 12.8 Å². The van der Waals surface area contributed by atoms with Gasteiger partial charge in [0.15, 0.2) is 0 Å². The predicted octanol–water partition coefficient (Wildman–Crippen LogP) is 2.61. The molecule has 0 aliphatic rings. The summed E-state index contributed by atoms with van der Waals surface area (Å²) in [7, 11) is -3.76. The molecule has 0 aliphatic heterocycles. The Morgan fingerprint density at radius 2 is 1.73 bits per heavy atom. The molecule has 0 unspecified atom stereocenters. The Labute approximate surface area is 107 Å². The van der Waals surface area contributed by atoms with Crippen molar-refractivity contribution >= 4 is 77.9 Å². The minimum absolute atomic E-state index is 0.0535. The average molecular weight is 516 g/mol. The molecule has 0 fully saturated rings. The van der Waals surface area contributed by atoms with Crippen LogP contribution in [0.15, 0.2) is 0 Å². The minimum Gasteiger partial charge on any atom is -0.286 e. The number of hydrogen-bond donors (Lipinski definition) is 1. The van der Waals surface area contributed by atoms with E-state index in [1.807, 2.05) is 0 Å². The molecule has 0 heterocycles. The van der Waals surface area contributed by atoms with Crippen LogP contribution >= 0.6 is 67.8 Å². The fourth-order valence-corrected chi connectivity index (χ4v) is 2.11. The normalized spacial score (nSPS) is 13.5. The van der Waals surface area contributed by atoms with Crippen molar-refractivity contribution in [3.05, 3.63) is 0 Å². The highest BCUT2D eigenvalue weighted by atomic mass is 127. The topological polar surface area (TPSA) is 54.4 Å². The lowest BCUT2D eigenvalue weighted by atomic mass is 10.4. The summed E-state index contributed by atoms with van der Waals surface area (Å²) in [6.45, 7) is 0. The second-order valence-electron chi connectivity index (χ2n) is 2.00. The first kappa shape index (κ1) is 13.1. The molecule has 0 spiro atoms. The average Bonchev–Trinajstić information content (AvgIpc) is 1.55. The van der Waals surface area contributed by atoms with E-state index >= 15 is 0 Å². The molecule has 0 aromatic heterocycles. The highest BCUT2D eigenvalue weighted by Gasteiger charge is 2.17. The van der Waals surface area contributed by atoms with Crippen molar-refractivity contribution < 1.29 is 13.0 Å². The summed E-state index contributed by atoms with van der Waals surface area (Å²) in [5.41, 5.74) is 0. The van der Waals surface area contributed by atoms with Gasteiger partial charge >= 0.3 is 0 Å². The zero-order valence-corrected chi connectivity index (χ0v) is 12.7. The molecule has 0 bridgehead atoms. The summed E-state index contributed by atoms with van der Waals surface area (Å²) in [6.07, 6.45) is 1.28. The molecular formula is C4H7I3O3S. The lowest BCUT2D eigenvalue weighted by Gasteiger charge is -2.09. The molecular weight excluding hydrogens is 509 g/mol. The third kappa shape index (κ3) is 12.1. The van der Waals surface area contributed by atoms with Crippen LogP contribution in [0.5, 0.6) is 0 Å². The molecule has 1 N–H and O–H groups in total. The standard InChI is InChI=1S/C4H7I3O3S/c5-4(6,7)2-1-3-11(8,9)10/h1-3H2,(H,8,9,10). The summed E-state index contributed by atoms with van der Waals surface area (Å²) in [5.74, 6) is -0.135. The van der Waals surface area contributed by atoms with Gasteiger partial charge in [-0.2, -0.15) is 8.42 Å². The third-order valence-electron chi connectivity index (χ3n) is 0.863. The van der Waals surface area contributed by atoms with Gasteiger partial charge in [0, 0.05) is 0 Å². The van der Waals surface area contributed by atoms with Crippen LogP contribution in [-0.2, 0) is 10.1 Å². The molecule has 0 saturated heterocycles. The Bertz CT molecular complexity index is 205. The van der Waals surface area contributed by atoms with Crippen LogP contribution in [-0.4, -0.2) is 18.2 Å². The van der Waals surface area contributed by atoms with Crippen molar-refractivity contribution in [1.29, 1.82) is 0 Å². The smallest absolute Gasteiger partial charge is 0.264 e. The molecule has 0 aromatic rings. The van der Waals surface area contributed by atoms with Crippen molar-refractivity contribution in [1.82, 2.24) is 0 Å². The molecule has 7 heteroatoms.